The predicted molar refractivity (Wildman–Crippen MR) is 65.5 cm³/mol. The number of nitrogen functional groups attached to an aromatic ring is 1. The van der Waals surface area contributed by atoms with Crippen molar-refractivity contribution >= 4 is 28.7 Å². The number of para-hydroxylation sites is 1. The number of rotatable bonds is 2. The molecule has 0 aliphatic rings. The van der Waals surface area contributed by atoms with E-state index in [9.17, 15) is 8.78 Å². The Balaban J connectivity index is 2.43. The normalized spacial score (nSPS) is 10.3. The number of nitrogens with two attached hydrogens (primary N) is 1. The van der Waals surface area contributed by atoms with E-state index in [1.165, 1.54) is 6.07 Å². The van der Waals surface area contributed by atoms with Crippen molar-refractivity contribution in [3.63, 3.8) is 0 Å². The van der Waals surface area contributed by atoms with Gasteiger partial charge in [-0.15, -0.1) is 0 Å². The van der Waals surface area contributed by atoms with Gasteiger partial charge in [-0.3, -0.25) is 0 Å². The number of benzene rings is 2. The van der Waals surface area contributed by atoms with Crippen LogP contribution < -0.4 is 11.1 Å². The molecule has 5 heteroatoms. The molecule has 0 amide bonds. The van der Waals surface area contributed by atoms with Crippen LogP contribution in [0.25, 0.3) is 0 Å². The van der Waals surface area contributed by atoms with E-state index in [0.717, 1.165) is 6.07 Å². The summed E-state index contributed by atoms with van der Waals surface area (Å²) in [5.41, 5.74) is 6.04. The average molecular weight is 255 g/mol. The summed E-state index contributed by atoms with van der Waals surface area (Å²) >= 11 is 5.90. The van der Waals surface area contributed by atoms with Crippen molar-refractivity contribution in [3.8, 4) is 0 Å². The van der Waals surface area contributed by atoms with Crippen LogP contribution >= 0.6 is 11.6 Å². The topological polar surface area (TPSA) is 38.0 Å². The molecule has 0 aliphatic heterocycles. The van der Waals surface area contributed by atoms with Crippen molar-refractivity contribution in [2.45, 2.75) is 0 Å². The van der Waals surface area contributed by atoms with Crippen LogP contribution in [0.5, 0.6) is 0 Å². The molecule has 0 heterocycles. The minimum Gasteiger partial charge on any atom is -0.397 e. The van der Waals surface area contributed by atoms with Gasteiger partial charge in [0.25, 0.3) is 0 Å². The largest absolute Gasteiger partial charge is 0.397 e. The maximum absolute atomic E-state index is 13.5. The van der Waals surface area contributed by atoms with Gasteiger partial charge in [-0.25, -0.2) is 8.78 Å². The first-order chi connectivity index (χ1) is 8.09. The van der Waals surface area contributed by atoms with Gasteiger partial charge in [-0.2, -0.15) is 0 Å². The summed E-state index contributed by atoms with van der Waals surface area (Å²) in [6, 6.07) is 9.00. The van der Waals surface area contributed by atoms with Crippen molar-refractivity contribution in [2.75, 3.05) is 11.1 Å². The molecule has 0 saturated heterocycles. The zero-order chi connectivity index (χ0) is 12.4. The second-order valence-electron chi connectivity index (χ2n) is 3.43. The highest BCUT2D eigenvalue weighted by Gasteiger charge is 2.12. The third kappa shape index (κ3) is 2.31. The van der Waals surface area contributed by atoms with Crippen LogP contribution in [-0.2, 0) is 0 Å². The van der Waals surface area contributed by atoms with Crippen LogP contribution in [0.15, 0.2) is 36.4 Å². The lowest BCUT2D eigenvalue weighted by Crippen LogP contribution is -2.01. The lowest BCUT2D eigenvalue weighted by Gasteiger charge is -2.11. The van der Waals surface area contributed by atoms with Crippen LogP contribution in [0, 0.1) is 11.6 Å². The zero-order valence-corrected chi connectivity index (χ0v) is 9.43. The van der Waals surface area contributed by atoms with E-state index in [1.807, 2.05) is 0 Å². The van der Waals surface area contributed by atoms with Crippen LogP contribution in [0.2, 0.25) is 5.02 Å². The van der Waals surface area contributed by atoms with E-state index in [-0.39, 0.29) is 11.4 Å². The van der Waals surface area contributed by atoms with E-state index < -0.39 is 11.6 Å². The zero-order valence-electron chi connectivity index (χ0n) is 8.68. The molecule has 0 unspecified atom stereocenters. The highest BCUT2D eigenvalue weighted by Crippen LogP contribution is 2.31. The van der Waals surface area contributed by atoms with Crippen LogP contribution in [0.1, 0.15) is 0 Å². The Morgan fingerprint density at radius 2 is 1.76 bits per heavy atom. The monoisotopic (exact) mass is 254 g/mol. The van der Waals surface area contributed by atoms with Crippen molar-refractivity contribution in [2.24, 2.45) is 0 Å². The molecule has 0 saturated carbocycles. The van der Waals surface area contributed by atoms with E-state index >= 15 is 0 Å². The molecule has 88 valence electrons. The number of nitrogens with one attached hydrogen (secondary N) is 1. The number of hydrogen-bond acceptors (Lipinski definition) is 2. The van der Waals surface area contributed by atoms with Crippen molar-refractivity contribution in [1.29, 1.82) is 0 Å². The van der Waals surface area contributed by atoms with Crippen molar-refractivity contribution in [1.82, 2.24) is 0 Å². The summed E-state index contributed by atoms with van der Waals surface area (Å²) in [4.78, 5) is 0. The van der Waals surface area contributed by atoms with E-state index in [0.29, 0.717) is 10.7 Å². The minimum absolute atomic E-state index is 0.113. The summed E-state index contributed by atoms with van der Waals surface area (Å²) in [7, 11) is 0. The summed E-state index contributed by atoms with van der Waals surface area (Å²) in [5, 5.41) is 3.08. The molecule has 0 radical (unpaired) electrons. The standard InChI is InChI=1S/C12H9ClF2N2/c13-7-3-1-2-4-10(7)17-12-9(16)6-5-8(14)11(12)15/h1-6,17H,16H2. The Kier molecular flexibility index (Phi) is 3.15. The van der Waals surface area contributed by atoms with Crippen molar-refractivity contribution in [3.05, 3.63) is 53.1 Å². The first-order valence-corrected chi connectivity index (χ1v) is 5.22. The molecule has 0 fully saturated rings. The molecule has 0 atom stereocenters. The molecule has 0 bridgehead atoms. The molecule has 2 aromatic rings. The third-order valence-corrected chi connectivity index (χ3v) is 2.59. The van der Waals surface area contributed by atoms with Gasteiger partial charge in [0.15, 0.2) is 11.6 Å². The molecule has 2 rings (SSSR count). The molecular weight excluding hydrogens is 246 g/mol. The summed E-state index contributed by atoms with van der Waals surface area (Å²) in [6.45, 7) is 0. The second kappa shape index (κ2) is 4.59. The van der Waals surface area contributed by atoms with Gasteiger partial charge in [-0.05, 0) is 24.3 Å². The van der Waals surface area contributed by atoms with Gasteiger partial charge in [0, 0.05) is 0 Å². The smallest absolute Gasteiger partial charge is 0.184 e. The van der Waals surface area contributed by atoms with E-state index in [1.54, 1.807) is 24.3 Å². The Labute approximate surface area is 102 Å². The third-order valence-electron chi connectivity index (χ3n) is 2.26. The maximum atomic E-state index is 13.5. The first kappa shape index (κ1) is 11.7. The SMILES string of the molecule is Nc1ccc(F)c(F)c1Nc1ccccc1Cl. The molecule has 0 spiro atoms. The molecule has 2 aromatic carbocycles. The van der Waals surface area contributed by atoms with E-state index in [2.05, 4.69) is 5.32 Å². The maximum Gasteiger partial charge on any atom is 0.184 e. The summed E-state index contributed by atoms with van der Waals surface area (Å²) in [5.74, 6) is -1.99. The number of hydrogen-bond donors (Lipinski definition) is 2. The Bertz CT molecular complexity index is 558. The Hall–Kier alpha value is -1.81. The van der Waals surface area contributed by atoms with Crippen LogP contribution in [-0.4, -0.2) is 0 Å². The highest BCUT2D eigenvalue weighted by molar-refractivity contribution is 6.33. The first-order valence-electron chi connectivity index (χ1n) is 4.84. The van der Waals surface area contributed by atoms with Crippen molar-refractivity contribution < 1.29 is 8.78 Å². The highest BCUT2D eigenvalue weighted by atomic mass is 35.5. The fraction of sp³-hybridized carbons (Fsp3) is 0. The van der Waals surface area contributed by atoms with Crippen LogP contribution in [0.3, 0.4) is 0 Å². The quantitative estimate of drug-likeness (QED) is 0.797. The number of anilines is 3. The molecular formula is C12H9ClF2N2. The molecule has 0 aromatic heterocycles. The van der Waals surface area contributed by atoms with Gasteiger partial charge in [-0.1, -0.05) is 23.7 Å². The predicted octanol–water partition coefficient (Wildman–Crippen LogP) is 3.94. The van der Waals surface area contributed by atoms with Gasteiger partial charge in [0.2, 0.25) is 0 Å². The average Bonchev–Trinajstić information content (AvgIpc) is 2.32. The Morgan fingerprint density at radius 3 is 2.47 bits per heavy atom. The second-order valence-corrected chi connectivity index (χ2v) is 3.84. The lowest BCUT2D eigenvalue weighted by molar-refractivity contribution is 0.512. The Morgan fingerprint density at radius 1 is 1.06 bits per heavy atom. The molecule has 2 nitrogen and oxygen atoms in total. The van der Waals surface area contributed by atoms with Gasteiger partial charge in [0.1, 0.15) is 5.69 Å². The fourth-order valence-electron chi connectivity index (χ4n) is 1.39. The lowest BCUT2D eigenvalue weighted by atomic mass is 10.2. The summed E-state index contributed by atoms with van der Waals surface area (Å²) < 4.78 is 26.6. The van der Waals surface area contributed by atoms with Gasteiger partial charge in [0.05, 0.1) is 16.4 Å². The van der Waals surface area contributed by atoms with E-state index in [4.69, 9.17) is 17.3 Å². The minimum atomic E-state index is -1.02. The van der Waals surface area contributed by atoms with Gasteiger partial charge >= 0.3 is 0 Å². The fourth-order valence-corrected chi connectivity index (χ4v) is 1.57. The molecule has 0 aliphatic carbocycles. The summed E-state index contributed by atoms with van der Waals surface area (Å²) in [6.07, 6.45) is 0. The number of halogens is 3. The van der Waals surface area contributed by atoms with Crippen LogP contribution in [0.4, 0.5) is 25.8 Å². The van der Waals surface area contributed by atoms with Gasteiger partial charge < -0.3 is 11.1 Å². The molecule has 17 heavy (non-hydrogen) atoms. The molecule has 3 N–H and O–H groups in total.